The van der Waals surface area contributed by atoms with Crippen LogP contribution in [0.25, 0.3) is 0 Å². The Bertz CT molecular complexity index is 84.1. The van der Waals surface area contributed by atoms with Crippen molar-refractivity contribution in [3.63, 3.8) is 0 Å². The molecule has 0 saturated heterocycles. The lowest BCUT2D eigenvalue weighted by Gasteiger charge is -2.01. The number of aliphatic carboxylic acids is 1. The molecular weight excluding hydrogens is 221 g/mol. The van der Waals surface area contributed by atoms with Crippen LogP contribution in [-0.4, -0.2) is 27.8 Å². The largest absolute Gasteiger partial charge is 0.481 e. The van der Waals surface area contributed by atoms with Gasteiger partial charge in [-0.25, -0.2) is 0 Å². The SMILES string of the molecule is CN(I)CCC(=O)O. The Morgan fingerprint density at radius 3 is 2.50 bits per heavy atom. The maximum Gasteiger partial charge on any atom is 0.304 e. The highest BCUT2D eigenvalue weighted by atomic mass is 127. The molecule has 0 rings (SSSR count). The second kappa shape index (κ2) is 4.08. The molecule has 0 aliphatic rings. The first-order valence-electron chi connectivity index (χ1n) is 2.21. The Morgan fingerprint density at radius 2 is 2.38 bits per heavy atom. The van der Waals surface area contributed by atoms with Crippen LogP contribution in [0.3, 0.4) is 0 Å². The first kappa shape index (κ1) is 8.16. The van der Waals surface area contributed by atoms with E-state index >= 15 is 0 Å². The summed E-state index contributed by atoms with van der Waals surface area (Å²) in [5, 5.41) is 8.13. The molecule has 0 aromatic heterocycles. The smallest absolute Gasteiger partial charge is 0.304 e. The molecule has 0 spiro atoms. The van der Waals surface area contributed by atoms with Crippen LogP contribution in [-0.2, 0) is 4.79 Å². The number of carboxylic acid groups (broad SMARTS) is 1. The van der Waals surface area contributed by atoms with Gasteiger partial charge in [0.2, 0.25) is 0 Å². The summed E-state index contributed by atoms with van der Waals surface area (Å²) >= 11 is 2.05. The predicted octanol–water partition coefficient (Wildman–Crippen LogP) is 0.743. The lowest BCUT2D eigenvalue weighted by atomic mass is 10.4. The second-order valence-corrected chi connectivity index (χ2v) is 3.12. The van der Waals surface area contributed by atoms with Gasteiger partial charge in [-0.1, -0.05) is 0 Å². The molecule has 0 atom stereocenters. The molecule has 0 fully saturated rings. The number of nitrogens with zero attached hydrogens (tertiary/aromatic N) is 1. The summed E-state index contributed by atoms with van der Waals surface area (Å²) in [7, 11) is 1.84. The van der Waals surface area contributed by atoms with Gasteiger partial charge in [-0.2, -0.15) is 0 Å². The third-order valence-electron chi connectivity index (χ3n) is 0.634. The molecule has 0 saturated carbocycles. The van der Waals surface area contributed by atoms with E-state index in [2.05, 4.69) is 0 Å². The van der Waals surface area contributed by atoms with Crippen LogP contribution < -0.4 is 0 Å². The van der Waals surface area contributed by atoms with Crippen LogP contribution in [0.4, 0.5) is 0 Å². The van der Waals surface area contributed by atoms with Gasteiger partial charge in [0.25, 0.3) is 0 Å². The molecule has 0 aromatic carbocycles. The minimum absolute atomic E-state index is 0.222. The topological polar surface area (TPSA) is 40.5 Å². The van der Waals surface area contributed by atoms with Crippen molar-refractivity contribution in [2.45, 2.75) is 6.42 Å². The van der Waals surface area contributed by atoms with Crippen LogP contribution >= 0.6 is 22.9 Å². The summed E-state index contributed by atoms with van der Waals surface area (Å²) in [6.45, 7) is 0.607. The molecular formula is C4H8INO2. The molecule has 3 nitrogen and oxygen atoms in total. The lowest BCUT2D eigenvalue weighted by Crippen LogP contribution is -2.10. The fourth-order valence-corrected chi connectivity index (χ4v) is 0.491. The van der Waals surface area contributed by atoms with E-state index in [9.17, 15) is 4.79 Å². The Balaban J connectivity index is 3.05. The minimum Gasteiger partial charge on any atom is -0.481 e. The molecule has 0 radical (unpaired) electrons. The number of carboxylic acids is 1. The van der Waals surface area contributed by atoms with Gasteiger partial charge in [-0.05, 0) is 7.05 Å². The monoisotopic (exact) mass is 229 g/mol. The average molecular weight is 229 g/mol. The zero-order valence-electron chi connectivity index (χ0n) is 4.59. The van der Waals surface area contributed by atoms with Crippen LogP contribution in [0, 0.1) is 0 Å². The summed E-state index contributed by atoms with van der Waals surface area (Å²) in [5.74, 6) is -0.742. The zero-order chi connectivity index (χ0) is 6.57. The average Bonchev–Trinajstić information content (AvgIpc) is 1.61. The van der Waals surface area contributed by atoms with Gasteiger partial charge in [0.05, 0.1) is 6.42 Å². The second-order valence-electron chi connectivity index (χ2n) is 1.47. The van der Waals surface area contributed by atoms with Crippen LogP contribution in [0.2, 0.25) is 0 Å². The summed E-state index contributed by atoms with van der Waals surface area (Å²) in [5.41, 5.74) is 0. The number of hydrogen-bond acceptors (Lipinski definition) is 2. The fourth-order valence-electron chi connectivity index (χ4n) is 0.250. The van der Waals surface area contributed by atoms with E-state index in [1.165, 1.54) is 0 Å². The zero-order valence-corrected chi connectivity index (χ0v) is 6.75. The summed E-state index contributed by atoms with van der Waals surface area (Å²) in [6, 6.07) is 0. The molecule has 0 aromatic rings. The van der Waals surface area contributed by atoms with E-state index in [0.717, 1.165) is 0 Å². The molecule has 0 aliphatic carbocycles. The Kier molecular flexibility index (Phi) is 4.16. The minimum atomic E-state index is -0.742. The van der Waals surface area contributed by atoms with Gasteiger partial charge in [0, 0.05) is 29.4 Å². The number of rotatable bonds is 3. The first-order valence-corrected chi connectivity index (χ1v) is 3.18. The van der Waals surface area contributed by atoms with E-state index in [1.54, 1.807) is 0 Å². The number of halogens is 1. The van der Waals surface area contributed by atoms with Gasteiger partial charge in [-0.3, -0.25) is 7.91 Å². The van der Waals surface area contributed by atoms with Gasteiger partial charge in [0.15, 0.2) is 0 Å². The molecule has 0 unspecified atom stereocenters. The molecule has 8 heavy (non-hydrogen) atoms. The third-order valence-corrected chi connectivity index (χ3v) is 1.12. The molecule has 0 amide bonds. The van der Waals surface area contributed by atoms with E-state index in [4.69, 9.17) is 5.11 Å². The van der Waals surface area contributed by atoms with Crippen molar-refractivity contribution >= 4 is 28.8 Å². The summed E-state index contributed by atoms with van der Waals surface area (Å²) in [6.07, 6.45) is 0.222. The lowest BCUT2D eigenvalue weighted by molar-refractivity contribution is -0.137. The van der Waals surface area contributed by atoms with Crippen molar-refractivity contribution in [1.82, 2.24) is 3.11 Å². The Labute approximate surface area is 62.2 Å². The molecule has 4 heteroatoms. The molecule has 0 bridgehead atoms. The Hall–Kier alpha value is 0.160. The van der Waals surface area contributed by atoms with Crippen molar-refractivity contribution in [3.8, 4) is 0 Å². The van der Waals surface area contributed by atoms with Crippen molar-refractivity contribution in [2.24, 2.45) is 0 Å². The van der Waals surface area contributed by atoms with Crippen LogP contribution in [0.1, 0.15) is 6.42 Å². The van der Waals surface area contributed by atoms with Crippen LogP contribution in [0.5, 0.6) is 0 Å². The quantitative estimate of drug-likeness (QED) is 0.573. The van der Waals surface area contributed by atoms with Gasteiger partial charge in [-0.15, -0.1) is 0 Å². The van der Waals surface area contributed by atoms with Gasteiger partial charge < -0.3 is 5.11 Å². The summed E-state index contributed by atoms with van der Waals surface area (Å²) in [4.78, 5) is 9.87. The normalized spacial score (nSPS) is 9.88. The maximum atomic E-state index is 9.87. The number of carbonyl (C=O) groups is 1. The van der Waals surface area contributed by atoms with Crippen molar-refractivity contribution < 1.29 is 9.90 Å². The first-order chi connectivity index (χ1) is 3.63. The number of hydrogen-bond donors (Lipinski definition) is 1. The highest BCUT2D eigenvalue weighted by Crippen LogP contribution is 1.93. The van der Waals surface area contributed by atoms with Gasteiger partial charge >= 0.3 is 5.97 Å². The van der Waals surface area contributed by atoms with Crippen LogP contribution in [0.15, 0.2) is 0 Å². The summed E-state index contributed by atoms with van der Waals surface area (Å²) < 4.78 is 1.81. The third kappa shape index (κ3) is 6.16. The maximum absolute atomic E-state index is 9.87. The highest BCUT2D eigenvalue weighted by molar-refractivity contribution is 14.1. The molecule has 0 heterocycles. The van der Waals surface area contributed by atoms with Crippen molar-refractivity contribution in [1.29, 1.82) is 0 Å². The van der Waals surface area contributed by atoms with Crippen molar-refractivity contribution in [2.75, 3.05) is 13.6 Å². The Morgan fingerprint density at radius 1 is 1.88 bits per heavy atom. The van der Waals surface area contributed by atoms with E-state index in [1.807, 2.05) is 33.0 Å². The van der Waals surface area contributed by atoms with E-state index in [0.29, 0.717) is 6.54 Å². The molecule has 48 valence electrons. The van der Waals surface area contributed by atoms with Crippen molar-refractivity contribution in [3.05, 3.63) is 0 Å². The van der Waals surface area contributed by atoms with Gasteiger partial charge in [0.1, 0.15) is 0 Å². The highest BCUT2D eigenvalue weighted by Gasteiger charge is 1.96. The predicted molar refractivity (Wildman–Crippen MR) is 38.9 cm³/mol. The molecule has 0 aliphatic heterocycles. The van der Waals surface area contributed by atoms with E-state index in [-0.39, 0.29) is 6.42 Å². The van der Waals surface area contributed by atoms with E-state index < -0.39 is 5.97 Å². The fraction of sp³-hybridized carbons (Fsp3) is 0.750. The standard InChI is InChI=1S/C4H8INO2/c1-6(5)3-2-4(7)8/h2-3H2,1H3,(H,7,8). The molecule has 1 N–H and O–H groups in total.